The van der Waals surface area contributed by atoms with Crippen molar-refractivity contribution in [2.24, 2.45) is 17.8 Å². The van der Waals surface area contributed by atoms with Gasteiger partial charge in [-0.2, -0.15) is 0 Å². The normalized spacial score (nSPS) is 26.3. The number of allylic oxidation sites excluding steroid dienone is 4. The zero-order valence-electron chi connectivity index (χ0n) is 19.7. The SMILES string of the molecule is O=C1[C@H]2C(c3ccccc3)=C(c3ccccc3)[C@H]1[C@@]1(c3ccccc3)C=C(c3ccccc3)C(=O)[C@H]21. The van der Waals surface area contributed by atoms with Crippen molar-refractivity contribution < 1.29 is 9.59 Å². The maximum atomic E-state index is 14.3. The number of carbonyl (C=O) groups is 2. The number of hydrogen-bond acceptors (Lipinski definition) is 2. The van der Waals surface area contributed by atoms with Crippen molar-refractivity contribution in [2.75, 3.05) is 0 Å². The molecule has 4 atom stereocenters. The van der Waals surface area contributed by atoms with Crippen LogP contribution in [-0.4, -0.2) is 11.6 Å². The summed E-state index contributed by atoms with van der Waals surface area (Å²) in [4.78, 5) is 28.6. The van der Waals surface area contributed by atoms with E-state index in [0.29, 0.717) is 0 Å². The second-order valence-electron chi connectivity index (χ2n) is 9.94. The Balaban J connectivity index is 1.55. The number of fused-ring (bicyclic) bond motifs is 5. The van der Waals surface area contributed by atoms with Crippen LogP contribution in [0.1, 0.15) is 22.3 Å². The molecule has 2 nitrogen and oxygen atoms in total. The molecule has 3 aliphatic carbocycles. The third-order valence-corrected chi connectivity index (χ3v) is 8.27. The fourth-order valence-electron chi connectivity index (χ4n) is 6.96. The topological polar surface area (TPSA) is 34.1 Å². The molecule has 3 aliphatic rings. The van der Waals surface area contributed by atoms with Gasteiger partial charge in [-0.05, 0) is 33.4 Å². The number of hydrogen-bond donors (Lipinski definition) is 0. The summed E-state index contributed by atoms with van der Waals surface area (Å²) in [7, 11) is 0. The molecule has 0 saturated heterocycles. The van der Waals surface area contributed by atoms with Crippen molar-refractivity contribution in [1.29, 1.82) is 0 Å². The van der Waals surface area contributed by atoms with Crippen LogP contribution in [0, 0.1) is 17.8 Å². The van der Waals surface area contributed by atoms with Crippen molar-refractivity contribution >= 4 is 28.3 Å². The molecule has 0 aliphatic heterocycles. The Morgan fingerprint density at radius 1 is 0.528 bits per heavy atom. The summed E-state index contributed by atoms with van der Waals surface area (Å²) in [5.41, 5.74) is 6.15. The predicted octanol–water partition coefficient (Wildman–Crippen LogP) is 6.65. The molecule has 0 radical (unpaired) electrons. The number of rotatable bonds is 4. The van der Waals surface area contributed by atoms with Crippen LogP contribution in [0.25, 0.3) is 16.7 Å². The smallest absolute Gasteiger partial charge is 0.168 e. The van der Waals surface area contributed by atoms with Gasteiger partial charge in [0.2, 0.25) is 0 Å². The highest BCUT2D eigenvalue weighted by Crippen LogP contribution is 2.69. The van der Waals surface area contributed by atoms with Crippen molar-refractivity contribution in [3.63, 3.8) is 0 Å². The van der Waals surface area contributed by atoms with E-state index in [-0.39, 0.29) is 11.6 Å². The van der Waals surface area contributed by atoms with E-state index in [1.54, 1.807) is 0 Å². The number of ketones is 2. The van der Waals surface area contributed by atoms with Gasteiger partial charge in [-0.1, -0.05) is 127 Å². The van der Waals surface area contributed by atoms with Crippen molar-refractivity contribution in [2.45, 2.75) is 5.41 Å². The highest BCUT2D eigenvalue weighted by Gasteiger charge is 2.70. The molecular formula is C34H24O2. The summed E-state index contributed by atoms with van der Waals surface area (Å²) in [6.45, 7) is 0. The van der Waals surface area contributed by atoms with Gasteiger partial charge in [0, 0.05) is 11.0 Å². The monoisotopic (exact) mass is 464 g/mol. The molecule has 0 heterocycles. The van der Waals surface area contributed by atoms with E-state index in [1.165, 1.54) is 0 Å². The largest absolute Gasteiger partial charge is 0.298 e. The van der Waals surface area contributed by atoms with Crippen LogP contribution in [-0.2, 0) is 15.0 Å². The first-order chi connectivity index (χ1) is 17.7. The lowest BCUT2D eigenvalue weighted by atomic mass is 9.61. The summed E-state index contributed by atoms with van der Waals surface area (Å²) in [6, 6.07) is 40.5. The zero-order chi connectivity index (χ0) is 24.3. The lowest BCUT2D eigenvalue weighted by Gasteiger charge is -2.39. The quantitative estimate of drug-likeness (QED) is 0.339. The van der Waals surface area contributed by atoms with E-state index in [4.69, 9.17) is 0 Å². The maximum absolute atomic E-state index is 14.3. The minimum atomic E-state index is -0.700. The molecule has 7 rings (SSSR count). The van der Waals surface area contributed by atoms with E-state index in [9.17, 15) is 9.59 Å². The first kappa shape index (κ1) is 21.0. The maximum Gasteiger partial charge on any atom is 0.168 e. The Hall–Kier alpha value is -4.30. The van der Waals surface area contributed by atoms with Gasteiger partial charge in [0.15, 0.2) is 5.78 Å². The average Bonchev–Trinajstić information content (AvgIpc) is 3.52. The van der Waals surface area contributed by atoms with E-state index >= 15 is 0 Å². The molecule has 4 aromatic carbocycles. The fraction of sp³-hybridized carbons (Fsp3) is 0.118. The first-order valence-electron chi connectivity index (χ1n) is 12.5. The molecule has 1 fully saturated rings. The molecule has 1 saturated carbocycles. The van der Waals surface area contributed by atoms with Crippen LogP contribution in [0.2, 0.25) is 0 Å². The average molecular weight is 465 g/mol. The third kappa shape index (κ3) is 2.73. The molecule has 4 aromatic rings. The fourth-order valence-corrected chi connectivity index (χ4v) is 6.96. The van der Waals surface area contributed by atoms with Gasteiger partial charge in [-0.3, -0.25) is 9.59 Å². The molecule has 0 N–H and O–H groups in total. The molecule has 2 heteroatoms. The van der Waals surface area contributed by atoms with Crippen LogP contribution in [0.3, 0.4) is 0 Å². The highest BCUT2D eigenvalue weighted by atomic mass is 16.1. The van der Waals surface area contributed by atoms with Gasteiger partial charge in [-0.15, -0.1) is 0 Å². The molecule has 0 aromatic heterocycles. The number of carbonyl (C=O) groups excluding carboxylic acids is 2. The predicted molar refractivity (Wildman–Crippen MR) is 143 cm³/mol. The van der Waals surface area contributed by atoms with E-state index in [1.807, 2.05) is 84.9 Å². The Labute approximate surface area is 210 Å². The lowest BCUT2D eigenvalue weighted by Crippen LogP contribution is -2.40. The molecule has 36 heavy (non-hydrogen) atoms. The van der Waals surface area contributed by atoms with Crippen molar-refractivity contribution in [1.82, 2.24) is 0 Å². The molecule has 0 unspecified atom stereocenters. The summed E-state index contributed by atoms with van der Waals surface area (Å²) < 4.78 is 0. The van der Waals surface area contributed by atoms with Gasteiger partial charge in [0.1, 0.15) is 5.78 Å². The highest BCUT2D eigenvalue weighted by molar-refractivity contribution is 6.32. The van der Waals surface area contributed by atoms with Crippen molar-refractivity contribution in [3.05, 3.63) is 150 Å². The summed E-state index contributed by atoms with van der Waals surface area (Å²) >= 11 is 0. The van der Waals surface area contributed by atoms with E-state index < -0.39 is 23.2 Å². The molecule has 2 bridgehead atoms. The van der Waals surface area contributed by atoms with E-state index in [2.05, 4.69) is 42.5 Å². The minimum Gasteiger partial charge on any atom is -0.298 e. The van der Waals surface area contributed by atoms with Crippen LogP contribution in [0.5, 0.6) is 0 Å². The molecular weight excluding hydrogens is 440 g/mol. The Morgan fingerprint density at radius 2 is 1.00 bits per heavy atom. The minimum absolute atomic E-state index is 0.0754. The van der Waals surface area contributed by atoms with Gasteiger partial charge < -0.3 is 0 Å². The Morgan fingerprint density at radius 3 is 1.56 bits per heavy atom. The first-order valence-corrected chi connectivity index (χ1v) is 12.5. The van der Waals surface area contributed by atoms with Gasteiger partial charge in [-0.25, -0.2) is 0 Å². The number of benzene rings is 4. The summed E-state index contributed by atoms with van der Waals surface area (Å²) in [5, 5.41) is 0. The standard InChI is InChI=1S/C34H24O2/c35-32-26(22-13-5-1-6-14-22)21-34(25-19-11-4-12-20-25)30-28(24-17-9-3-10-18-24)27(23-15-7-2-8-16-23)29(31(32)34)33(30)36/h1-21,29-31H/t29-,30+,31-,34-/m0/s1. The molecule has 0 spiro atoms. The second kappa shape index (κ2) is 7.86. The Kier molecular flexibility index (Phi) is 4.59. The van der Waals surface area contributed by atoms with Crippen LogP contribution in [0.4, 0.5) is 0 Å². The number of Topliss-reactive ketones (excluding diaryl/α,β-unsaturated/α-hetero) is 2. The van der Waals surface area contributed by atoms with Crippen LogP contribution < -0.4 is 0 Å². The van der Waals surface area contributed by atoms with Gasteiger partial charge in [0.05, 0.1) is 17.8 Å². The summed E-state index contributed by atoms with van der Waals surface area (Å²) in [5.74, 6) is -1.10. The van der Waals surface area contributed by atoms with Gasteiger partial charge >= 0.3 is 0 Å². The van der Waals surface area contributed by atoms with Crippen molar-refractivity contribution in [3.8, 4) is 0 Å². The van der Waals surface area contributed by atoms with E-state index in [0.717, 1.165) is 39.0 Å². The molecule has 172 valence electrons. The van der Waals surface area contributed by atoms with Crippen LogP contribution >= 0.6 is 0 Å². The zero-order valence-corrected chi connectivity index (χ0v) is 19.7. The lowest BCUT2D eigenvalue weighted by molar-refractivity contribution is -0.123. The third-order valence-electron chi connectivity index (χ3n) is 8.27. The van der Waals surface area contributed by atoms with Crippen LogP contribution in [0.15, 0.2) is 127 Å². The Bertz CT molecular complexity index is 1550. The molecule has 0 amide bonds. The van der Waals surface area contributed by atoms with Gasteiger partial charge in [0.25, 0.3) is 0 Å². The second-order valence-corrected chi connectivity index (χ2v) is 9.94. The summed E-state index contributed by atoms with van der Waals surface area (Å²) in [6.07, 6.45) is 2.14.